The third-order valence-corrected chi connectivity index (χ3v) is 4.21. The average molecular weight is 266 g/mol. The van der Waals surface area contributed by atoms with E-state index in [1.165, 1.54) is 51.9 Å². The molecule has 2 rings (SSSR count). The summed E-state index contributed by atoms with van der Waals surface area (Å²) in [5.74, 6) is 1.87. The van der Waals surface area contributed by atoms with E-state index in [1.54, 1.807) is 0 Å². The van der Waals surface area contributed by atoms with Gasteiger partial charge in [-0.25, -0.2) is 0 Å². The highest BCUT2D eigenvalue weighted by Crippen LogP contribution is 2.18. The molecule has 0 aromatic rings. The largest absolute Gasteiger partial charge is 0.355 e. The molecule has 0 aliphatic carbocycles. The summed E-state index contributed by atoms with van der Waals surface area (Å²) in [6.45, 7) is 10.5. The van der Waals surface area contributed by atoms with Gasteiger partial charge in [0.2, 0.25) is 0 Å². The number of nitrogens with one attached hydrogen (secondary N) is 1. The number of hydrogen-bond donors (Lipinski definition) is 1. The van der Waals surface area contributed by atoms with E-state index in [-0.39, 0.29) is 0 Å². The maximum Gasteiger partial charge on any atom is 0.193 e. The normalized spacial score (nSPS) is 25.6. The molecule has 0 saturated carbocycles. The minimum absolute atomic E-state index is 0.696. The standard InChI is InChI=1S/C15H30N4/c1-13(2)12-19-10-6-7-14(19)11-17-15(16-3)18-8-4-5-9-18/h13-14H,4-12H2,1-3H3,(H,16,17)/t14-/m1/s1. The summed E-state index contributed by atoms with van der Waals surface area (Å²) in [5.41, 5.74) is 0. The Bertz CT molecular complexity index is 295. The Morgan fingerprint density at radius 3 is 2.58 bits per heavy atom. The molecule has 0 aromatic carbocycles. The lowest BCUT2D eigenvalue weighted by atomic mass is 10.1. The van der Waals surface area contributed by atoms with Crippen LogP contribution < -0.4 is 5.32 Å². The molecular weight excluding hydrogens is 236 g/mol. The van der Waals surface area contributed by atoms with Gasteiger partial charge in [0.1, 0.15) is 0 Å². The molecule has 2 aliphatic heterocycles. The smallest absolute Gasteiger partial charge is 0.193 e. The molecule has 110 valence electrons. The van der Waals surface area contributed by atoms with E-state index in [2.05, 4.69) is 34.0 Å². The van der Waals surface area contributed by atoms with Crippen molar-refractivity contribution in [1.29, 1.82) is 0 Å². The maximum atomic E-state index is 4.43. The molecule has 0 unspecified atom stereocenters. The molecule has 0 spiro atoms. The van der Waals surface area contributed by atoms with Crippen LogP contribution in [-0.2, 0) is 0 Å². The van der Waals surface area contributed by atoms with E-state index in [0.717, 1.165) is 18.4 Å². The molecule has 4 nitrogen and oxygen atoms in total. The van der Waals surface area contributed by atoms with Gasteiger partial charge in [0, 0.05) is 39.3 Å². The van der Waals surface area contributed by atoms with Crippen molar-refractivity contribution in [3.8, 4) is 0 Å². The van der Waals surface area contributed by atoms with Crippen LogP contribution in [0.4, 0.5) is 0 Å². The van der Waals surface area contributed by atoms with Crippen molar-refractivity contribution < 1.29 is 0 Å². The molecule has 2 fully saturated rings. The van der Waals surface area contributed by atoms with Crippen LogP contribution in [0.5, 0.6) is 0 Å². The Hall–Kier alpha value is -0.770. The van der Waals surface area contributed by atoms with Gasteiger partial charge < -0.3 is 10.2 Å². The van der Waals surface area contributed by atoms with E-state index in [9.17, 15) is 0 Å². The summed E-state index contributed by atoms with van der Waals surface area (Å²) in [4.78, 5) is 9.47. The fourth-order valence-corrected chi connectivity index (χ4v) is 3.31. The highest BCUT2D eigenvalue weighted by Gasteiger charge is 2.25. The highest BCUT2D eigenvalue weighted by atomic mass is 15.3. The topological polar surface area (TPSA) is 30.9 Å². The summed E-state index contributed by atoms with van der Waals surface area (Å²) in [6, 6.07) is 0.696. The van der Waals surface area contributed by atoms with Gasteiger partial charge >= 0.3 is 0 Å². The molecule has 0 radical (unpaired) electrons. The number of guanidine groups is 1. The van der Waals surface area contributed by atoms with Crippen molar-refractivity contribution in [1.82, 2.24) is 15.1 Å². The lowest BCUT2D eigenvalue weighted by molar-refractivity contribution is 0.225. The van der Waals surface area contributed by atoms with Crippen LogP contribution >= 0.6 is 0 Å². The molecule has 0 aromatic heterocycles. The molecule has 2 heterocycles. The lowest BCUT2D eigenvalue weighted by Gasteiger charge is -2.28. The Morgan fingerprint density at radius 1 is 1.21 bits per heavy atom. The summed E-state index contributed by atoms with van der Waals surface area (Å²) in [6.07, 6.45) is 5.30. The predicted octanol–water partition coefficient (Wildman–Crippen LogP) is 1.78. The second-order valence-electron chi connectivity index (χ2n) is 6.31. The lowest BCUT2D eigenvalue weighted by Crippen LogP contribution is -2.46. The van der Waals surface area contributed by atoms with Gasteiger partial charge in [0.25, 0.3) is 0 Å². The van der Waals surface area contributed by atoms with Crippen LogP contribution in [0.2, 0.25) is 0 Å². The first-order valence-corrected chi connectivity index (χ1v) is 7.90. The molecule has 2 saturated heterocycles. The van der Waals surface area contributed by atoms with Crippen molar-refractivity contribution in [2.24, 2.45) is 10.9 Å². The zero-order valence-electron chi connectivity index (χ0n) is 12.9. The second-order valence-corrected chi connectivity index (χ2v) is 6.31. The van der Waals surface area contributed by atoms with Gasteiger partial charge in [-0.3, -0.25) is 9.89 Å². The van der Waals surface area contributed by atoms with Crippen molar-refractivity contribution in [2.75, 3.05) is 39.8 Å². The molecule has 1 atom stereocenters. The average Bonchev–Trinajstić information content (AvgIpc) is 3.01. The zero-order chi connectivity index (χ0) is 13.7. The van der Waals surface area contributed by atoms with Gasteiger partial charge in [-0.1, -0.05) is 13.8 Å². The van der Waals surface area contributed by atoms with Crippen molar-refractivity contribution in [3.05, 3.63) is 0 Å². The fraction of sp³-hybridized carbons (Fsp3) is 0.933. The Labute approximate surface area is 118 Å². The van der Waals surface area contributed by atoms with Gasteiger partial charge in [-0.05, 0) is 38.1 Å². The molecule has 1 N–H and O–H groups in total. The number of aliphatic imine (C=N–C) groups is 1. The minimum Gasteiger partial charge on any atom is -0.355 e. The summed E-state index contributed by atoms with van der Waals surface area (Å²) in [5, 5.41) is 3.59. The molecule has 2 aliphatic rings. The Balaban J connectivity index is 1.79. The monoisotopic (exact) mass is 266 g/mol. The Kier molecular flexibility index (Phi) is 5.49. The van der Waals surface area contributed by atoms with Crippen LogP contribution in [0, 0.1) is 5.92 Å². The SMILES string of the molecule is CN=C(NC[C@H]1CCCN1CC(C)C)N1CCCC1. The first-order valence-electron chi connectivity index (χ1n) is 7.90. The van der Waals surface area contributed by atoms with Gasteiger partial charge in [0.15, 0.2) is 5.96 Å². The quantitative estimate of drug-likeness (QED) is 0.621. The number of hydrogen-bond acceptors (Lipinski definition) is 2. The number of rotatable bonds is 4. The first kappa shape index (κ1) is 14.6. The van der Waals surface area contributed by atoms with E-state index < -0.39 is 0 Å². The second kappa shape index (κ2) is 7.13. The minimum atomic E-state index is 0.696. The predicted molar refractivity (Wildman–Crippen MR) is 81.6 cm³/mol. The number of nitrogens with zero attached hydrogens (tertiary/aromatic N) is 3. The van der Waals surface area contributed by atoms with Gasteiger partial charge in [-0.15, -0.1) is 0 Å². The van der Waals surface area contributed by atoms with Gasteiger partial charge in [-0.2, -0.15) is 0 Å². The molecule has 19 heavy (non-hydrogen) atoms. The first-order chi connectivity index (χ1) is 9.20. The summed E-state index contributed by atoms with van der Waals surface area (Å²) >= 11 is 0. The van der Waals surface area contributed by atoms with Crippen molar-refractivity contribution in [3.63, 3.8) is 0 Å². The highest BCUT2D eigenvalue weighted by molar-refractivity contribution is 5.80. The van der Waals surface area contributed by atoms with Gasteiger partial charge in [0.05, 0.1) is 0 Å². The van der Waals surface area contributed by atoms with Crippen LogP contribution in [0.3, 0.4) is 0 Å². The Morgan fingerprint density at radius 2 is 1.95 bits per heavy atom. The fourth-order valence-electron chi connectivity index (χ4n) is 3.31. The number of likely N-dealkylation sites (tertiary alicyclic amines) is 2. The van der Waals surface area contributed by atoms with E-state index >= 15 is 0 Å². The van der Waals surface area contributed by atoms with Crippen LogP contribution in [0.15, 0.2) is 4.99 Å². The van der Waals surface area contributed by atoms with Crippen LogP contribution in [0.25, 0.3) is 0 Å². The van der Waals surface area contributed by atoms with E-state index in [4.69, 9.17) is 0 Å². The third-order valence-electron chi connectivity index (χ3n) is 4.21. The van der Waals surface area contributed by atoms with Crippen LogP contribution in [-0.4, -0.2) is 61.6 Å². The van der Waals surface area contributed by atoms with Crippen molar-refractivity contribution in [2.45, 2.75) is 45.6 Å². The molecule has 0 amide bonds. The summed E-state index contributed by atoms with van der Waals surface area (Å²) in [7, 11) is 1.90. The van der Waals surface area contributed by atoms with E-state index in [0.29, 0.717) is 6.04 Å². The maximum absolute atomic E-state index is 4.43. The summed E-state index contributed by atoms with van der Waals surface area (Å²) < 4.78 is 0. The van der Waals surface area contributed by atoms with Crippen molar-refractivity contribution >= 4 is 5.96 Å². The third kappa shape index (κ3) is 4.10. The molecule has 4 heteroatoms. The zero-order valence-corrected chi connectivity index (χ0v) is 12.9. The molecule has 0 bridgehead atoms. The molecular formula is C15H30N4. The van der Waals surface area contributed by atoms with E-state index in [1.807, 2.05) is 7.05 Å². The van der Waals surface area contributed by atoms with Crippen LogP contribution in [0.1, 0.15) is 39.5 Å².